The van der Waals surface area contributed by atoms with Crippen molar-refractivity contribution in [3.05, 3.63) is 95.6 Å². The van der Waals surface area contributed by atoms with Crippen molar-refractivity contribution in [1.29, 1.82) is 0 Å². The van der Waals surface area contributed by atoms with Crippen molar-refractivity contribution >= 4 is 21.6 Å². The number of benzene rings is 3. The van der Waals surface area contributed by atoms with E-state index in [4.69, 9.17) is 0 Å². The summed E-state index contributed by atoms with van der Waals surface area (Å²) in [5, 5.41) is 13.7. The number of carbonyl (C=O) groups is 1. The number of aryl methyl sites for hydroxylation is 1. The quantitative estimate of drug-likeness (QED) is 0.400. The van der Waals surface area contributed by atoms with E-state index in [2.05, 4.69) is 25.6 Å². The number of nitrogens with one attached hydrogen (secondary N) is 2. The molecule has 0 saturated carbocycles. The maximum Gasteiger partial charge on any atom is 0.255 e. The molecule has 1 aromatic heterocycles. The van der Waals surface area contributed by atoms with Crippen LogP contribution in [0.4, 0.5) is 10.1 Å². The molecule has 174 valence electrons. The highest BCUT2D eigenvalue weighted by Gasteiger charge is 2.18. The van der Waals surface area contributed by atoms with E-state index in [1.54, 1.807) is 49.4 Å². The van der Waals surface area contributed by atoms with Crippen LogP contribution in [0.1, 0.15) is 21.5 Å². The van der Waals surface area contributed by atoms with Gasteiger partial charge in [-0.15, -0.1) is 5.10 Å². The van der Waals surface area contributed by atoms with E-state index in [0.717, 1.165) is 11.3 Å². The lowest BCUT2D eigenvalue weighted by atomic mass is 10.1. The van der Waals surface area contributed by atoms with Crippen LogP contribution in [0.15, 0.2) is 78.0 Å². The van der Waals surface area contributed by atoms with Gasteiger partial charge in [0.05, 0.1) is 10.6 Å². The minimum absolute atomic E-state index is 0.0172. The highest BCUT2D eigenvalue weighted by Crippen LogP contribution is 2.19. The Hall–Kier alpha value is -3.96. The Bertz CT molecular complexity index is 1390. The number of amides is 1. The first-order valence-corrected chi connectivity index (χ1v) is 11.8. The molecule has 11 heteroatoms. The third-order valence-electron chi connectivity index (χ3n) is 5.12. The molecule has 0 aliphatic carbocycles. The van der Waals surface area contributed by atoms with Gasteiger partial charge in [0.15, 0.2) is 0 Å². The van der Waals surface area contributed by atoms with Crippen LogP contribution in [0.25, 0.3) is 5.69 Å². The Labute approximate surface area is 195 Å². The van der Waals surface area contributed by atoms with E-state index in [0.29, 0.717) is 17.7 Å². The number of tetrazole rings is 1. The molecule has 0 saturated heterocycles. The summed E-state index contributed by atoms with van der Waals surface area (Å²) in [4.78, 5) is 12.8. The fourth-order valence-electron chi connectivity index (χ4n) is 3.25. The second-order valence-electron chi connectivity index (χ2n) is 7.51. The second-order valence-corrected chi connectivity index (χ2v) is 9.27. The first-order chi connectivity index (χ1) is 16.3. The summed E-state index contributed by atoms with van der Waals surface area (Å²) in [5.74, 6) is -0.783. The summed E-state index contributed by atoms with van der Waals surface area (Å²) < 4.78 is 42.5. The smallest absolute Gasteiger partial charge is 0.255 e. The van der Waals surface area contributed by atoms with E-state index in [1.807, 2.05) is 0 Å². The monoisotopic (exact) mass is 480 g/mol. The number of sulfonamides is 1. The Kier molecular flexibility index (Phi) is 6.75. The Balaban J connectivity index is 1.44. The number of halogens is 1. The van der Waals surface area contributed by atoms with Crippen molar-refractivity contribution in [3.8, 4) is 5.69 Å². The number of rotatable bonds is 8. The predicted molar refractivity (Wildman–Crippen MR) is 124 cm³/mol. The van der Waals surface area contributed by atoms with Crippen molar-refractivity contribution < 1.29 is 17.6 Å². The van der Waals surface area contributed by atoms with E-state index >= 15 is 0 Å². The van der Waals surface area contributed by atoms with E-state index in [1.165, 1.54) is 35.3 Å². The van der Waals surface area contributed by atoms with E-state index in [-0.39, 0.29) is 22.8 Å². The van der Waals surface area contributed by atoms with Gasteiger partial charge in [-0.3, -0.25) is 4.79 Å². The molecule has 0 aliphatic rings. The molecule has 34 heavy (non-hydrogen) atoms. The van der Waals surface area contributed by atoms with E-state index < -0.39 is 15.9 Å². The van der Waals surface area contributed by atoms with Crippen molar-refractivity contribution in [2.24, 2.45) is 0 Å². The lowest BCUT2D eigenvalue weighted by molar-refractivity contribution is 0.102. The van der Waals surface area contributed by atoms with Crippen LogP contribution in [-0.2, 0) is 16.4 Å². The van der Waals surface area contributed by atoms with Crippen LogP contribution in [0.5, 0.6) is 0 Å². The highest BCUT2D eigenvalue weighted by molar-refractivity contribution is 7.89. The average molecular weight is 481 g/mol. The summed E-state index contributed by atoms with van der Waals surface area (Å²) >= 11 is 0. The van der Waals surface area contributed by atoms with Gasteiger partial charge in [0.1, 0.15) is 12.1 Å². The van der Waals surface area contributed by atoms with Crippen LogP contribution in [-0.4, -0.2) is 41.1 Å². The maximum absolute atomic E-state index is 13.0. The van der Waals surface area contributed by atoms with Gasteiger partial charge >= 0.3 is 0 Å². The molecule has 4 rings (SSSR count). The first-order valence-electron chi connectivity index (χ1n) is 10.3. The Morgan fingerprint density at radius 3 is 2.44 bits per heavy atom. The van der Waals surface area contributed by atoms with Crippen molar-refractivity contribution in [1.82, 2.24) is 24.9 Å². The summed E-state index contributed by atoms with van der Waals surface area (Å²) in [5.41, 5.74) is 2.93. The fraction of sp³-hybridized carbons (Fsp3) is 0.130. The summed E-state index contributed by atoms with van der Waals surface area (Å²) in [6.07, 6.45) is 1.86. The third kappa shape index (κ3) is 5.50. The van der Waals surface area contributed by atoms with E-state index in [9.17, 15) is 17.6 Å². The molecule has 0 aliphatic heterocycles. The molecule has 0 unspecified atom stereocenters. The van der Waals surface area contributed by atoms with Gasteiger partial charge in [-0.05, 0) is 83.4 Å². The van der Waals surface area contributed by atoms with Crippen LogP contribution < -0.4 is 10.0 Å². The Morgan fingerprint density at radius 1 is 1.03 bits per heavy atom. The molecule has 0 bridgehead atoms. The normalized spacial score (nSPS) is 11.4. The molecule has 9 nitrogen and oxygen atoms in total. The molecule has 4 aromatic rings. The third-order valence-corrected chi connectivity index (χ3v) is 6.58. The van der Waals surface area contributed by atoms with Gasteiger partial charge in [0.2, 0.25) is 10.0 Å². The maximum atomic E-state index is 13.0. The minimum Gasteiger partial charge on any atom is -0.322 e. The lowest BCUT2D eigenvalue weighted by Crippen LogP contribution is -2.26. The zero-order chi connectivity index (χ0) is 24.1. The average Bonchev–Trinajstić information content (AvgIpc) is 3.36. The highest BCUT2D eigenvalue weighted by atomic mass is 32.2. The van der Waals surface area contributed by atoms with Crippen molar-refractivity contribution in [3.63, 3.8) is 0 Å². The van der Waals surface area contributed by atoms with Crippen LogP contribution >= 0.6 is 0 Å². The molecule has 0 radical (unpaired) electrons. The molecule has 1 heterocycles. The van der Waals surface area contributed by atoms with Crippen molar-refractivity contribution in [2.45, 2.75) is 18.2 Å². The van der Waals surface area contributed by atoms with Crippen LogP contribution in [0.3, 0.4) is 0 Å². The number of hydrogen-bond donors (Lipinski definition) is 2. The molecule has 2 N–H and O–H groups in total. The van der Waals surface area contributed by atoms with Crippen LogP contribution in [0, 0.1) is 12.7 Å². The van der Waals surface area contributed by atoms with Gasteiger partial charge < -0.3 is 5.32 Å². The van der Waals surface area contributed by atoms with Crippen LogP contribution in [0.2, 0.25) is 0 Å². The number of anilines is 1. The zero-order valence-corrected chi connectivity index (χ0v) is 19.0. The summed E-state index contributed by atoms with van der Waals surface area (Å²) in [6, 6.07) is 17.1. The lowest BCUT2D eigenvalue weighted by Gasteiger charge is -2.12. The minimum atomic E-state index is -3.84. The molecule has 0 atom stereocenters. The fourth-order valence-corrected chi connectivity index (χ4v) is 4.31. The number of hydrogen-bond acceptors (Lipinski definition) is 6. The predicted octanol–water partition coefficient (Wildman–Crippen LogP) is 2.88. The second kappa shape index (κ2) is 9.89. The SMILES string of the molecule is Cc1ccc(S(=O)(=O)NCCc2ccc(F)cc2)cc1C(=O)Nc1ccc(-n2cnnn2)cc1. The van der Waals surface area contributed by atoms with Gasteiger partial charge in [0.25, 0.3) is 5.91 Å². The first kappa shape index (κ1) is 23.2. The van der Waals surface area contributed by atoms with Gasteiger partial charge in [-0.1, -0.05) is 18.2 Å². The standard InChI is InChI=1S/C23H21FN6O3S/c1-16-2-11-21(34(32,33)26-13-12-17-3-5-18(24)6-4-17)14-22(16)23(31)27-19-7-9-20(10-8-19)30-15-25-28-29-30/h2-11,14-15,26H,12-13H2,1H3,(H,27,31). The van der Waals surface area contributed by atoms with Gasteiger partial charge in [0, 0.05) is 17.8 Å². The molecule has 1 amide bonds. The number of aromatic nitrogens is 4. The summed E-state index contributed by atoms with van der Waals surface area (Å²) in [7, 11) is -3.84. The molecular weight excluding hydrogens is 459 g/mol. The summed E-state index contributed by atoms with van der Waals surface area (Å²) in [6.45, 7) is 1.87. The van der Waals surface area contributed by atoms with Crippen molar-refractivity contribution in [2.75, 3.05) is 11.9 Å². The topological polar surface area (TPSA) is 119 Å². The Morgan fingerprint density at radius 2 is 1.76 bits per heavy atom. The number of carbonyl (C=O) groups excluding carboxylic acids is 1. The largest absolute Gasteiger partial charge is 0.322 e. The number of nitrogens with zero attached hydrogens (tertiary/aromatic N) is 4. The van der Waals surface area contributed by atoms with Gasteiger partial charge in [-0.25, -0.2) is 22.2 Å². The molecule has 3 aromatic carbocycles. The van der Waals surface area contributed by atoms with Gasteiger partial charge in [-0.2, -0.15) is 0 Å². The molecule has 0 fully saturated rings. The zero-order valence-electron chi connectivity index (χ0n) is 18.1. The molecular formula is C23H21FN6O3S. The molecule has 0 spiro atoms.